The first-order chi connectivity index (χ1) is 10.1. The van der Waals surface area contributed by atoms with Gasteiger partial charge >= 0.3 is 0 Å². The summed E-state index contributed by atoms with van der Waals surface area (Å²) in [6.45, 7) is 4.45. The van der Waals surface area contributed by atoms with Crippen LogP contribution in [-0.2, 0) is 11.8 Å². The van der Waals surface area contributed by atoms with E-state index in [4.69, 9.17) is 4.42 Å². The molecule has 0 fully saturated rings. The van der Waals surface area contributed by atoms with Crippen molar-refractivity contribution in [1.82, 2.24) is 20.2 Å². The van der Waals surface area contributed by atoms with Gasteiger partial charge in [0.05, 0.1) is 6.26 Å². The molecule has 114 valence electrons. The number of hydrogen-bond acceptors (Lipinski definition) is 4. The van der Waals surface area contributed by atoms with E-state index in [2.05, 4.69) is 15.6 Å². The second kappa shape index (κ2) is 7.08. The molecule has 6 nitrogen and oxygen atoms in total. The number of aryl methyl sites for hydroxylation is 1. The third-order valence-corrected chi connectivity index (χ3v) is 3.09. The number of carbonyl (C=O) groups is 1. The topological polar surface area (TPSA) is 72.1 Å². The number of carbonyl (C=O) groups excluding carboxylic acids is 1. The molecule has 2 heterocycles. The van der Waals surface area contributed by atoms with E-state index >= 15 is 0 Å². The van der Waals surface area contributed by atoms with E-state index in [1.807, 2.05) is 43.8 Å². The highest BCUT2D eigenvalue weighted by Crippen LogP contribution is 2.20. The van der Waals surface area contributed by atoms with Crippen LogP contribution in [0.4, 0.5) is 0 Å². The third-order valence-electron chi connectivity index (χ3n) is 3.09. The van der Waals surface area contributed by atoms with Crippen molar-refractivity contribution < 1.29 is 9.21 Å². The maximum Gasteiger partial charge on any atom is 0.221 e. The molecule has 0 saturated carbocycles. The Balaban J connectivity index is 1.98. The van der Waals surface area contributed by atoms with Gasteiger partial charge in [-0.25, -0.2) is 4.98 Å². The monoisotopic (exact) mass is 290 g/mol. The van der Waals surface area contributed by atoms with Gasteiger partial charge < -0.3 is 19.6 Å². The van der Waals surface area contributed by atoms with Crippen molar-refractivity contribution in [2.45, 2.75) is 32.4 Å². The Kier molecular flexibility index (Phi) is 5.16. The first kappa shape index (κ1) is 15.3. The molecule has 21 heavy (non-hydrogen) atoms. The molecule has 0 radical (unpaired) electrons. The molecule has 2 N–H and O–H groups in total. The lowest BCUT2D eigenvalue weighted by molar-refractivity contribution is -0.121. The van der Waals surface area contributed by atoms with E-state index in [1.165, 1.54) is 0 Å². The highest BCUT2D eigenvalue weighted by Gasteiger charge is 2.20. The van der Waals surface area contributed by atoms with E-state index in [1.54, 1.807) is 12.5 Å². The largest absolute Gasteiger partial charge is 0.467 e. The maximum atomic E-state index is 11.7. The summed E-state index contributed by atoms with van der Waals surface area (Å²) in [5.74, 6) is 1.68. The van der Waals surface area contributed by atoms with Gasteiger partial charge in [0.2, 0.25) is 5.91 Å². The zero-order valence-corrected chi connectivity index (χ0v) is 12.7. The normalized spacial score (nSPS) is 12.6. The summed E-state index contributed by atoms with van der Waals surface area (Å²) >= 11 is 0. The van der Waals surface area contributed by atoms with Crippen LogP contribution in [0, 0.1) is 0 Å². The minimum absolute atomic E-state index is 0.0375. The molecule has 2 rings (SSSR count). The molecule has 0 aromatic carbocycles. The van der Waals surface area contributed by atoms with Gasteiger partial charge in [-0.2, -0.15) is 0 Å². The Bertz CT molecular complexity index is 560. The fraction of sp³-hybridized carbons (Fsp3) is 0.467. The third kappa shape index (κ3) is 4.19. The van der Waals surface area contributed by atoms with Gasteiger partial charge in [0.15, 0.2) is 0 Å². The van der Waals surface area contributed by atoms with Crippen LogP contribution in [0.1, 0.15) is 37.9 Å². The number of hydrogen-bond donors (Lipinski definition) is 2. The van der Waals surface area contributed by atoms with Gasteiger partial charge in [-0.3, -0.25) is 4.79 Å². The summed E-state index contributed by atoms with van der Waals surface area (Å²) in [7, 11) is 1.94. The lowest BCUT2D eigenvalue weighted by Gasteiger charge is -2.16. The van der Waals surface area contributed by atoms with Crippen molar-refractivity contribution in [2.75, 3.05) is 6.54 Å². The number of rotatable bonds is 7. The van der Waals surface area contributed by atoms with Crippen LogP contribution in [0.25, 0.3) is 0 Å². The van der Waals surface area contributed by atoms with Crippen molar-refractivity contribution in [3.8, 4) is 0 Å². The smallest absolute Gasteiger partial charge is 0.221 e. The summed E-state index contributed by atoms with van der Waals surface area (Å²) in [6.07, 6.45) is 5.69. The number of nitrogens with zero attached hydrogens (tertiary/aromatic N) is 2. The number of amides is 1. The number of nitrogens with one attached hydrogen (secondary N) is 2. The molecule has 0 saturated heterocycles. The molecule has 2 aromatic rings. The molecule has 0 spiro atoms. The van der Waals surface area contributed by atoms with Crippen molar-refractivity contribution in [3.05, 3.63) is 42.4 Å². The average Bonchev–Trinajstić information content (AvgIpc) is 3.05. The molecule has 1 amide bonds. The van der Waals surface area contributed by atoms with E-state index in [9.17, 15) is 4.79 Å². The van der Waals surface area contributed by atoms with Gasteiger partial charge in [-0.1, -0.05) is 0 Å². The van der Waals surface area contributed by atoms with Crippen molar-refractivity contribution in [1.29, 1.82) is 0 Å². The first-order valence-corrected chi connectivity index (χ1v) is 7.11. The highest BCUT2D eigenvalue weighted by molar-refractivity contribution is 5.76. The van der Waals surface area contributed by atoms with Crippen LogP contribution in [0.15, 0.2) is 35.2 Å². The lowest BCUT2D eigenvalue weighted by atomic mass is 10.2. The predicted octanol–water partition coefficient (Wildman–Crippen LogP) is 1.61. The van der Waals surface area contributed by atoms with Crippen LogP contribution < -0.4 is 10.6 Å². The maximum absolute atomic E-state index is 11.7. The Morgan fingerprint density at radius 3 is 2.86 bits per heavy atom. The molecular weight excluding hydrogens is 268 g/mol. The van der Waals surface area contributed by atoms with E-state index < -0.39 is 0 Å². The predicted molar refractivity (Wildman–Crippen MR) is 79.7 cm³/mol. The Morgan fingerprint density at radius 2 is 2.29 bits per heavy atom. The van der Waals surface area contributed by atoms with Gasteiger partial charge in [0.1, 0.15) is 17.6 Å². The van der Waals surface area contributed by atoms with E-state index in [0.29, 0.717) is 13.0 Å². The Morgan fingerprint density at radius 1 is 1.48 bits per heavy atom. The molecular formula is C15H22N4O2. The van der Waals surface area contributed by atoms with Crippen LogP contribution >= 0.6 is 0 Å². The van der Waals surface area contributed by atoms with Gasteiger partial charge in [-0.15, -0.1) is 0 Å². The number of furan rings is 1. The van der Waals surface area contributed by atoms with Crippen LogP contribution in [0.5, 0.6) is 0 Å². The summed E-state index contributed by atoms with van der Waals surface area (Å²) < 4.78 is 7.42. The lowest BCUT2D eigenvalue weighted by Crippen LogP contribution is -2.34. The molecule has 0 aliphatic carbocycles. The quantitative estimate of drug-likeness (QED) is 0.812. The number of aromatic nitrogens is 2. The van der Waals surface area contributed by atoms with Crippen molar-refractivity contribution in [2.24, 2.45) is 7.05 Å². The fourth-order valence-electron chi connectivity index (χ4n) is 2.15. The minimum Gasteiger partial charge on any atom is -0.467 e. The second-order valence-corrected chi connectivity index (χ2v) is 5.27. The van der Waals surface area contributed by atoms with E-state index in [0.717, 1.165) is 11.6 Å². The zero-order valence-electron chi connectivity index (χ0n) is 12.7. The average molecular weight is 290 g/mol. The standard InChI is InChI=1S/C15H22N4O2/c1-11(2)18-13(20)6-7-16-14(12-5-4-10-21-12)15-17-8-9-19(15)3/h4-5,8-11,14,16H,6-7H2,1-3H3,(H,18,20). The molecule has 6 heteroatoms. The second-order valence-electron chi connectivity index (χ2n) is 5.27. The zero-order chi connectivity index (χ0) is 15.2. The molecule has 0 aliphatic heterocycles. The molecule has 0 bridgehead atoms. The molecule has 0 aliphatic rings. The van der Waals surface area contributed by atoms with Crippen molar-refractivity contribution >= 4 is 5.91 Å². The van der Waals surface area contributed by atoms with Gasteiger partial charge in [0.25, 0.3) is 0 Å². The first-order valence-electron chi connectivity index (χ1n) is 7.11. The summed E-state index contributed by atoms with van der Waals surface area (Å²) in [5.41, 5.74) is 0. The van der Waals surface area contributed by atoms with Gasteiger partial charge in [-0.05, 0) is 26.0 Å². The summed E-state index contributed by atoms with van der Waals surface area (Å²) in [4.78, 5) is 16.0. The van der Waals surface area contributed by atoms with Crippen LogP contribution in [0.2, 0.25) is 0 Å². The highest BCUT2D eigenvalue weighted by atomic mass is 16.3. The SMILES string of the molecule is CC(C)NC(=O)CCNC(c1ccco1)c1nccn1C. The molecule has 1 atom stereocenters. The Labute approximate surface area is 124 Å². The minimum atomic E-state index is -0.160. The van der Waals surface area contributed by atoms with E-state index in [-0.39, 0.29) is 18.0 Å². The summed E-state index contributed by atoms with van der Waals surface area (Å²) in [6, 6.07) is 3.75. The number of imidazole rings is 1. The van der Waals surface area contributed by atoms with Crippen LogP contribution in [0.3, 0.4) is 0 Å². The van der Waals surface area contributed by atoms with Crippen molar-refractivity contribution in [3.63, 3.8) is 0 Å². The van der Waals surface area contributed by atoms with Crippen LogP contribution in [-0.4, -0.2) is 28.0 Å². The fourth-order valence-corrected chi connectivity index (χ4v) is 2.15. The molecule has 2 aromatic heterocycles. The summed E-state index contributed by atoms with van der Waals surface area (Å²) in [5, 5.41) is 6.21. The van der Waals surface area contributed by atoms with Gasteiger partial charge in [0, 0.05) is 38.4 Å². The Hall–Kier alpha value is -2.08. The molecule has 1 unspecified atom stereocenters.